The first-order valence-electron chi connectivity index (χ1n) is 7.28. The lowest BCUT2D eigenvalue weighted by atomic mass is 9.90. The summed E-state index contributed by atoms with van der Waals surface area (Å²) in [6.45, 7) is 4.78. The number of carbonyl (C=O) groups is 3. The summed E-state index contributed by atoms with van der Waals surface area (Å²) >= 11 is 0. The van der Waals surface area contributed by atoms with Crippen LogP contribution in [-0.2, 0) is 14.4 Å². The Bertz CT molecular complexity index is 367. The van der Waals surface area contributed by atoms with E-state index in [-0.39, 0.29) is 24.7 Å². The van der Waals surface area contributed by atoms with Crippen molar-refractivity contribution in [2.45, 2.75) is 57.9 Å². The lowest BCUT2D eigenvalue weighted by Crippen LogP contribution is -2.52. The number of amides is 2. The van der Waals surface area contributed by atoms with Crippen molar-refractivity contribution in [3.05, 3.63) is 0 Å². The van der Waals surface area contributed by atoms with Crippen molar-refractivity contribution in [3.8, 4) is 0 Å². The van der Waals surface area contributed by atoms with Crippen LogP contribution in [0.15, 0.2) is 0 Å². The Morgan fingerprint density at radius 1 is 1.30 bits per heavy atom. The highest BCUT2D eigenvalue weighted by Gasteiger charge is 2.36. The van der Waals surface area contributed by atoms with Crippen LogP contribution in [0.3, 0.4) is 0 Å². The zero-order valence-electron chi connectivity index (χ0n) is 12.3. The summed E-state index contributed by atoms with van der Waals surface area (Å²) in [4.78, 5) is 35.7. The maximum Gasteiger partial charge on any atom is 0.323 e. The molecule has 0 bridgehead atoms. The SMILES string of the molecule is CCCNC(CC)(CCCN1C(=O)CCC1=O)C(=O)O. The van der Waals surface area contributed by atoms with Gasteiger partial charge in [0, 0.05) is 19.4 Å². The predicted octanol–water partition coefficient (Wildman–Crippen LogP) is 1.15. The molecule has 1 fully saturated rings. The molecular weight excluding hydrogens is 260 g/mol. The van der Waals surface area contributed by atoms with Crippen LogP contribution < -0.4 is 5.32 Å². The molecule has 0 aromatic rings. The van der Waals surface area contributed by atoms with Crippen LogP contribution in [0, 0.1) is 0 Å². The number of nitrogens with zero attached hydrogens (tertiary/aromatic N) is 1. The molecule has 0 spiro atoms. The van der Waals surface area contributed by atoms with Crippen LogP contribution in [0.2, 0.25) is 0 Å². The Kier molecular flexibility index (Phi) is 6.13. The summed E-state index contributed by atoms with van der Waals surface area (Å²) in [5.41, 5.74) is -0.957. The minimum atomic E-state index is -0.957. The molecule has 2 amide bonds. The molecule has 1 rings (SSSR count). The van der Waals surface area contributed by atoms with E-state index in [0.29, 0.717) is 32.4 Å². The number of rotatable bonds is 9. The Labute approximate surface area is 119 Å². The minimum Gasteiger partial charge on any atom is -0.480 e. The number of aliphatic carboxylic acids is 1. The van der Waals surface area contributed by atoms with Crippen LogP contribution >= 0.6 is 0 Å². The number of carboxylic acids is 1. The van der Waals surface area contributed by atoms with E-state index in [4.69, 9.17) is 0 Å². The fourth-order valence-corrected chi connectivity index (χ4v) is 2.50. The second kappa shape index (κ2) is 7.38. The Hall–Kier alpha value is -1.43. The van der Waals surface area contributed by atoms with Crippen LogP contribution in [0.5, 0.6) is 0 Å². The van der Waals surface area contributed by atoms with Gasteiger partial charge in [-0.3, -0.25) is 19.3 Å². The third-order valence-electron chi connectivity index (χ3n) is 3.87. The molecule has 0 aliphatic carbocycles. The van der Waals surface area contributed by atoms with Crippen LogP contribution in [0.25, 0.3) is 0 Å². The topological polar surface area (TPSA) is 86.7 Å². The van der Waals surface area contributed by atoms with Gasteiger partial charge in [-0.15, -0.1) is 0 Å². The maximum atomic E-state index is 11.5. The number of likely N-dealkylation sites (tertiary alicyclic amines) is 1. The molecule has 2 N–H and O–H groups in total. The van der Waals surface area contributed by atoms with E-state index in [1.165, 1.54) is 4.90 Å². The van der Waals surface area contributed by atoms with E-state index < -0.39 is 11.5 Å². The van der Waals surface area contributed by atoms with Gasteiger partial charge in [0.2, 0.25) is 11.8 Å². The highest BCUT2D eigenvalue weighted by molar-refractivity contribution is 6.01. The number of hydrogen-bond donors (Lipinski definition) is 2. The van der Waals surface area contributed by atoms with Crippen molar-refractivity contribution < 1.29 is 19.5 Å². The minimum absolute atomic E-state index is 0.144. The summed E-state index contributed by atoms with van der Waals surface area (Å²) in [5.74, 6) is -1.16. The highest BCUT2D eigenvalue weighted by Crippen LogP contribution is 2.20. The second-order valence-corrected chi connectivity index (χ2v) is 5.21. The predicted molar refractivity (Wildman–Crippen MR) is 74.1 cm³/mol. The maximum absolute atomic E-state index is 11.5. The third-order valence-corrected chi connectivity index (χ3v) is 3.87. The van der Waals surface area contributed by atoms with E-state index in [2.05, 4.69) is 5.32 Å². The number of carboxylic acid groups (broad SMARTS) is 1. The van der Waals surface area contributed by atoms with Crippen molar-refractivity contribution in [2.24, 2.45) is 0 Å². The molecule has 1 aliphatic heterocycles. The molecule has 1 aliphatic rings. The van der Waals surface area contributed by atoms with E-state index in [1.807, 2.05) is 13.8 Å². The molecule has 6 heteroatoms. The van der Waals surface area contributed by atoms with Crippen molar-refractivity contribution in [1.82, 2.24) is 10.2 Å². The first kappa shape index (κ1) is 16.6. The van der Waals surface area contributed by atoms with Crippen molar-refractivity contribution in [3.63, 3.8) is 0 Å². The van der Waals surface area contributed by atoms with Gasteiger partial charge in [-0.2, -0.15) is 0 Å². The first-order chi connectivity index (χ1) is 9.46. The summed E-state index contributed by atoms with van der Waals surface area (Å²) in [6.07, 6.45) is 2.82. The van der Waals surface area contributed by atoms with Gasteiger partial charge in [0.1, 0.15) is 5.54 Å². The van der Waals surface area contributed by atoms with Crippen molar-refractivity contribution >= 4 is 17.8 Å². The zero-order valence-corrected chi connectivity index (χ0v) is 12.3. The molecule has 1 unspecified atom stereocenters. The lowest BCUT2D eigenvalue weighted by Gasteiger charge is -2.30. The smallest absolute Gasteiger partial charge is 0.323 e. The molecule has 0 aromatic carbocycles. The normalized spacial score (nSPS) is 18.4. The summed E-state index contributed by atoms with van der Waals surface area (Å²) < 4.78 is 0. The average molecular weight is 284 g/mol. The molecule has 1 heterocycles. The molecule has 6 nitrogen and oxygen atoms in total. The van der Waals surface area contributed by atoms with E-state index >= 15 is 0 Å². The second-order valence-electron chi connectivity index (χ2n) is 5.21. The Balaban J connectivity index is 2.56. The van der Waals surface area contributed by atoms with Gasteiger partial charge < -0.3 is 10.4 Å². The van der Waals surface area contributed by atoms with Crippen LogP contribution in [0.1, 0.15) is 52.4 Å². The van der Waals surface area contributed by atoms with Gasteiger partial charge >= 0.3 is 5.97 Å². The molecule has 0 radical (unpaired) electrons. The van der Waals surface area contributed by atoms with Gasteiger partial charge in [-0.05, 0) is 32.2 Å². The average Bonchev–Trinajstić information content (AvgIpc) is 2.74. The summed E-state index contributed by atoms with van der Waals surface area (Å²) in [7, 11) is 0. The third kappa shape index (κ3) is 3.79. The van der Waals surface area contributed by atoms with E-state index in [0.717, 1.165) is 6.42 Å². The lowest BCUT2D eigenvalue weighted by molar-refractivity contribution is -0.145. The van der Waals surface area contributed by atoms with Crippen LogP contribution in [0.4, 0.5) is 0 Å². The Morgan fingerprint density at radius 2 is 1.90 bits per heavy atom. The van der Waals surface area contributed by atoms with E-state index in [9.17, 15) is 19.5 Å². The molecule has 0 aromatic heterocycles. The van der Waals surface area contributed by atoms with Crippen molar-refractivity contribution in [1.29, 1.82) is 0 Å². The quantitative estimate of drug-likeness (QED) is 0.620. The molecule has 1 saturated heterocycles. The number of hydrogen-bond acceptors (Lipinski definition) is 4. The molecule has 1 atom stereocenters. The van der Waals surface area contributed by atoms with E-state index in [1.54, 1.807) is 0 Å². The highest BCUT2D eigenvalue weighted by atomic mass is 16.4. The summed E-state index contributed by atoms with van der Waals surface area (Å²) in [6, 6.07) is 0. The van der Waals surface area contributed by atoms with Gasteiger partial charge in [-0.25, -0.2) is 0 Å². The summed E-state index contributed by atoms with van der Waals surface area (Å²) in [5, 5.41) is 12.5. The number of carbonyl (C=O) groups excluding carboxylic acids is 2. The monoisotopic (exact) mass is 284 g/mol. The molecular formula is C14H24N2O4. The number of nitrogens with one attached hydrogen (secondary N) is 1. The van der Waals surface area contributed by atoms with Gasteiger partial charge in [0.05, 0.1) is 0 Å². The standard InChI is InChI=1S/C14H24N2O4/c1-3-9-15-14(4-2,13(19)20)8-5-10-16-11(17)6-7-12(16)18/h15H,3-10H2,1-2H3,(H,19,20). The molecule has 0 saturated carbocycles. The van der Waals surface area contributed by atoms with Gasteiger partial charge in [-0.1, -0.05) is 13.8 Å². The largest absolute Gasteiger partial charge is 0.480 e. The first-order valence-corrected chi connectivity index (χ1v) is 7.28. The van der Waals surface area contributed by atoms with Gasteiger partial charge in [0.25, 0.3) is 0 Å². The Morgan fingerprint density at radius 3 is 2.35 bits per heavy atom. The molecule has 20 heavy (non-hydrogen) atoms. The fourth-order valence-electron chi connectivity index (χ4n) is 2.50. The number of imide groups is 1. The molecule has 114 valence electrons. The van der Waals surface area contributed by atoms with Gasteiger partial charge in [0.15, 0.2) is 0 Å². The fraction of sp³-hybridized carbons (Fsp3) is 0.786. The van der Waals surface area contributed by atoms with Crippen molar-refractivity contribution in [2.75, 3.05) is 13.1 Å². The zero-order chi connectivity index (χ0) is 15.2. The van der Waals surface area contributed by atoms with Crippen LogP contribution in [-0.4, -0.2) is 46.4 Å².